The van der Waals surface area contributed by atoms with Crippen LogP contribution < -0.4 is 15.4 Å². The molecular formula is C17H20N2OS. The van der Waals surface area contributed by atoms with Crippen molar-refractivity contribution in [1.29, 1.82) is 0 Å². The summed E-state index contributed by atoms with van der Waals surface area (Å²) < 4.78 is 5.59. The summed E-state index contributed by atoms with van der Waals surface area (Å²) in [7, 11) is 0. The van der Waals surface area contributed by atoms with Crippen LogP contribution in [0.3, 0.4) is 0 Å². The standard InChI is InChI=1S/C17H20N2OS/c1-13-10-14(2)12-15(11-13)19-17(21)18-8-9-20-16-6-4-3-5-7-16/h3-7,10-12H,8-9H2,1-2H3,(H2,18,19,21). The summed E-state index contributed by atoms with van der Waals surface area (Å²) in [6, 6.07) is 16.0. The quantitative estimate of drug-likeness (QED) is 0.652. The van der Waals surface area contributed by atoms with Gasteiger partial charge in [0.25, 0.3) is 0 Å². The Labute approximate surface area is 131 Å². The first-order chi connectivity index (χ1) is 10.1. The van der Waals surface area contributed by atoms with E-state index in [4.69, 9.17) is 17.0 Å². The van der Waals surface area contributed by atoms with Gasteiger partial charge < -0.3 is 15.4 Å². The Morgan fingerprint density at radius 2 is 1.71 bits per heavy atom. The molecule has 0 aliphatic carbocycles. The molecule has 0 unspecified atom stereocenters. The van der Waals surface area contributed by atoms with E-state index < -0.39 is 0 Å². The maximum Gasteiger partial charge on any atom is 0.170 e. The fourth-order valence-corrected chi connectivity index (χ4v) is 2.29. The summed E-state index contributed by atoms with van der Waals surface area (Å²) in [6.45, 7) is 5.37. The Hall–Kier alpha value is -2.07. The van der Waals surface area contributed by atoms with Crippen LogP contribution in [0.15, 0.2) is 48.5 Å². The first kappa shape index (κ1) is 15.3. The van der Waals surface area contributed by atoms with E-state index in [9.17, 15) is 0 Å². The molecule has 0 aromatic heterocycles. The van der Waals surface area contributed by atoms with Crippen molar-refractivity contribution < 1.29 is 4.74 Å². The smallest absolute Gasteiger partial charge is 0.170 e. The lowest BCUT2D eigenvalue weighted by atomic mass is 10.1. The van der Waals surface area contributed by atoms with Gasteiger partial charge in [0.2, 0.25) is 0 Å². The minimum absolute atomic E-state index is 0.568. The highest BCUT2D eigenvalue weighted by atomic mass is 32.1. The van der Waals surface area contributed by atoms with Gasteiger partial charge in [-0.15, -0.1) is 0 Å². The monoisotopic (exact) mass is 300 g/mol. The van der Waals surface area contributed by atoms with Crippen LogP contribution in [0.25, 0.3) is 0 Å². The van der Waals surface area contributed by atoms with E-state index in [-0.39, 0.29) is 0 Å². The molecule has 2 aromatic carbocycles. The second-order valence-electron chi connectivity index (χ2n) is 4.92. The van der Waals surface area contributed by atoms with Crippen molar-refractivity contribution in [2.45, 2.75) is 13.8 Å². The fraction of sp³-hybridized carbons (Fsp3) is 0.235. The van der Waals surface area contributed by atoms with Crippen LogP contribution in [-0.4, -0.2) is 18.3 Å². The lowest BCUT2D eigenvalue weighted by molar-refractivity contribution is 0.323. The Bertz CT molecular complexity index is 579. The molecule has 2 aromatic rings. The summed E-state index contributed by atoms with van der Waals surface area (Å²) >= 11 is 5.27. The molecule has 0 bridgehead atoms. The molecule has 0 aliphatic rings. The van der Waals surface area contributed by atoms with Crippen LogP contribution in [0.5, 0.6) is 5.75 Å². The van der Waals surface area contributed by atoms with Gasteiger partial charge in [0.05, 0.1) is 6.54 Å². The van der Waals surface area contributed by atoms with Gasteiger partial charge >= 0.3 is 0 Å². The van der Waals surface area contributed by atoms with Crippen molar-refractivity contribution >= 4 is 23.0 Å². The molecule has 0 saturated carbocycles. The van der Waals surface area contributed by atoms with E-state index in [1.165, 1.54) is 11.1 Å². The van der Waals surface area contributed by atoms with Crippen LogP contribution in [-0.2, 0) is 0 Å². The van der Waals surface area contributed by atoms with Gasteiger partial charge in [0.1, 0.15) is 12.4 Å². The normalized spacial score (nSPS) is 10.0. The Kier molecular flexibility index (Phi) is 5.58. The van der Waals surface area contributed by atoms with Gasteiger partial charge in [-0.25, -0.2) is 0 Å². The Balaban J connectivity index is 1.72. The van der Waals surface area contributed by atoms with Crippen molar-refractivity contribution in [1.82, 2.24) is 5.32 Å². The average molecular weight is 300 g/mol. The average Bonchev–Trinajstić information content (AvgIpc) is 2.43. The lowest BCUT2D eigenvalue weighted by Crippen LogP contribution is -2.32. The number of anilines is 1. The van der Waals surface area contributed by atoms with E-state index in [0.29, 0.717) is 18.3 Å². The van der Waals surface area contributed by atoms with Gasteiger partial charge in [0.15, 0.2) is 5.11 Å². The molecule has 0 atom stereocenters. The lowest BCUT2D eigenvalue weighted by Gasteiger charge is -2.12. The highest BCUT2D eigenvalue weighted by Gasteiger charge is 1.99. The zero-order valence-electron chi connectivity index (χ0n) is 12.3. The molecule has 2 N–H and O–H groups in total. The van der Waals surface area contributed by atoms with Crippen molar-refractivity contribution in [2.24, 2.45) is 0 Å². The van der Waals surface area contributed by atoms with Crippen molar-refractivity contribution in [3.63, 3.8) is 0 Å². The number of hydrogen-bond donors (Lipinski definition) is 2. The predicted octanol–water partition coefficient (Wildman–Crippen LogP) is 3.67. The highest BCUT2D eigenvalue weighted by molar-refractivity contribution is 7.80. The number of para-hydroxylation sites is 1. The number of benzene rings is 2. The van der Waals surface area contributed by atoms with Gasteiger partial charge in [-0.1, -0.05) is 24.3 Å². The van der Waals surface area contributed by atoms with Crippen molar-refractivity contribution in [3.05, 3.63) is 59.7 Å². The molecule has 110 valence electrons. The zero-order valence-corrected chi connectivity index (χ0v) is 13.2. The number of hydrogen-bond acceptors (Lipinski definition) is 2. The van der Waals surface area contributed by atoms with E-state index in [1.807, 2.05) is 30.3 Å². The molecule has 2 rings (SSSR count). The molecule has 0 amide bonds. The summed E-state index contributed by atoms with van der Waals surface area (Å²) in [5, 5.41) is 6.93. The van der Waals surface area contributed by atoms with E-state index in [0.717, 1.165) is 11.4 Å². The number of ether oxygens (including phenoxy) is 1. The summed E-state index contributed by atoms with van der Waals surface area (Å²) in [5.41, 5.74) is 3.44. The number of rotatable bonds is 5. The zero-order chi connectivity index (χ0) is 15.1. The summed E-state index contributed by atoms with van der Waals surface area (Å²) in [6.07, 6.45) is 0. The molecule has 21 heavy (non-hydrogen) atoms. The van der Waals surface area contributed by atoms with Crippen LogP contribution in [0.2, 0.25) is 0 Å². The van der Waals surface area contributed by atoms with Crippen LogP contribution >= 0.6 is 12.2 Å². The Morgan fingerprint density at radius 3 is 2.38 bits per heavy atom. The minimum atomic E-state index is 0.568. The topological polar surface area (TPSA) is 33.3 Å². The highest BCUT2D eigenvalue weighted by Crippen LogP contribution is 2.13. The first-order valence-corrected chi connectivity index (χ1v) is 7.35. The van der Waals surface area contributed by atoms with Gasteiger partial charge in [0, 0.05) is 5.69 Å². The van der Waals surface area contributed by atoms with E-state index in [1.54, 1.807) is 0 Å². The number of aryl methyl sites for hydroxylation is 2. The molecule has 0 heterocycles. The second kappa shape index (κ2) is 7.64. The molecule has 0 fully saturated rings. The molecule has 3 nitrogen and oxygen atoms in total. The largest absolute Gasteiger partial charge is 0.492 e. The third-order valence-electron chi connectivity index (χ3n) is 2.88. The number of thiocarbonyl (C=S) groups is 1. The van der Waals surface area contributed by atoms with Gasteiger partial charge in [-0.2, -0.15) is 0 Å². The van der Waals surface area contributed by atoms with Gasteiger partial charge in [-0.05, 0) is 61.5 Å². The van der Waals surface area contributed by atoms with E-state index >= 15 is 0 Å². The van der Waals surface area contributed by atoms with Gasteiger partial charge in [-0.3, -0.25) is 0 Å². The van der Waals surface area contributed by atoms with Crippen LogP contribution in [0.1, 0.15) is 11.1 Å². The second-order valence-corrected chi connectivity index (χ2v) is 5.33. The Morgan fingerprint density at radius 1 is 1.05 bits per heavy atom. The predicted molar refractivity (Wildman–Crippen MR) is 92.1 cm³/mol. The van der Waals surface area contributed by atoms with Crippen LogP contribution in [0, 0.1) is 13.8 Å². The fourth-order valence-electron chi connectivity index (χ4n) is 2.07. The maximum atomic E-state index is 5.59. The third kappa shape index (κ3) is 5.44. The molecule has 0 saturated heterocycles. The van der Waals surface area contributed by atoms with E-state index in [2.05, 4.69) is 42.7 Å². The minimum Gasteiger partial charge on any atom is -0.492 e. The maximum absolute atomic E-state index is 5.59. The SMILES string of the molecule is Cc1cc(C)cc(NC(=S)NCCOc2ccccc2)c1. The summed E-state index contributed by atoms with van der Waals surface area (Å²) in [5.74, 6) is 0.868. The summed E-state index contributed by atoms with van der Waals surface area (Å²) in [4.78, 5) is 0. The molecule has 0 aliphatic heterocycles. The van der Waals surface area contributed by atoms with Crippen molar-refractivity contribution in [3.8, 4) is 5.75 Å². The molecular weight excluding hydrogens is 280 g/mol. The molecule has 0 radical (unpaired) electrons. The molecule has 0 spiro atoms. The number of nitrogens with one attached hydrogen (secondary N) is 2. The molecule has 4 heteroatoms. The third-order valence-corrected chi connectivity index (χ3v) is 3.13. The van der Waals surface area contributed by atoms with Crippen LogP contribution in [0.4, 0.5) is 5.69 Å². The van der Waals surface area contributed by atoms with Crippen molar-refractivity contribution in [2.75, 3.05) is 18.5 Å². The first-order valence-electron chi connectivity index (χ1n) is 6.94.